The van der Waals surface area contributed by atoms with E-state index in [2.05, 4.69) is 0 Å². The van der Waals surface area contributed by atoms with Crippen molar-refractivity contribution in [2.75, 3.05) is 26.2 Å². The highest BCUT2D eigenvalue weighted by molar-refractivity contribution is 7.84. The second kappa shape index (κ2) is 11.1. The van der Waals surface area contributed by atoms with Gasteiger partial charge in [0.1, 0.15) is 5.60 Å². The summed E-state index contributed by atoms with van der Waals surface area (Å²) in [6, 6.07) is 0. The van der Waals surface area contributed by atoms with E-state index in [1.165, 1.54) is 19.3 Å². The van der Waals surface area contributed by atoms with Gasteiger partial charge >= 0.3 is 6.09 Å². The Hall–Kier alpha value is -1.43. The normalized spacial score (nSPS) is 22.7. The second-order valence-corrected chi connectivity index (χ2v) is 9.66. The van der Waals surface area contributed by atoms with Gasteiger partial charge in [0.15, 0.2) is 0 Å². The van der Waals surface area contributed by atoms with Crippen LogP contribution in [0.5, 0.6) is 0 Å². The molecule has 0 aromatic carbocycles. The molecule has 0 spiro atoms. The lowest BCUT2D eigenvalue weighted by atomic mass is 9.96. The van der Waals surface area contributed by atoms with E-state index in [1.807, 2.05) is 44.7 Å². The number of nitrogens with zero attached hydrogens (tertiary/aromatic N) is 2. The SMILES string of the molecule is C/C=C(\C=C(/S)C1CCCN(C(=O)OC(C)(C)C)C1)C(=O)N1CCCCCCC1. The maximum atomic E-state index is 13.0. The molecule has 2 saturated heterocycles. The van der Waals surface area contributed by atoms with E-state index in [0.29, 0.717) is 18.7 Å². The molecule has 2 rings (SSSR count). The quantitative estimate of drug-likeness (QED) is 0.387. The summed E-state index contributed by atoms with van der Waals surface area (Å²) in [7, 11) is 0. The number of hydrogen-bond acceptors (Lipinski definition) is 4. The Morgan fingerprint density at radius 2 is 1.55 bits per heavy atom. The number of likely N-dealkylation sites (tertiary alicyclic amines) is 2. The van der Waals surface area contributed by atoms with Crippen molar-refractivity contribution in [3.63, 3.8) is 0 Å². The van der Waals surface area contributed by atoms with Crippen LogP contribution in [-0.4, -0.2) is 53.6 Å². The molecule has 1 unspecified atom stereocenters. The molecule has 6 heteroatoms. The Kier molecular flexibility index (Phi) is 9.12. The fourth-order valence-electron chi connectivity index (χ4n) is 3.89. The van der Waals surface area contributed by atoms with Crippen LogP contribution in [0.2, 0.25) is 0 Å². The summed E-state index contributed by atoms with van der Waals surface area (Å²) in [4.78, 5) is 30.1. The van der Waals surface area contributed by atoms with Crippen molar-refractivity contribution >= 4 is 24.6 Å². The maximum absolute atomic E-state index is 13.0. The van der Waals surface area contributed by atoms with E-state index in [1.54, 1.807) is 4.90 Å². The minimum Gasteiger partial charge on any atom is -0.444 e. The van der Waals surface area contributed by atoms with E-state index in [0.717, 1.165) is 43.7 Å². The lowest BCUT2D eigenvalue weighted by Gasteiger charge is -2.34. The molecule has 2 fully saturated rings. The van der Waals surface area contributed by atoms with Gasteiger partial charge < -0.3 is 14.5 Å². The smallest absolute Gasteiger partial charge is 0.410 e. The van der Waals surface area contributed by atoms with Crippen LogP contribution in [0.4, 0.5) is 4.79 Å². The number of amides is 2. The maximum Gasteiger partial charge on any atom is 0.410 e. The van der Waals surface area contributed by atoms with Crippen LogP contribution in [0.25, 0.3) is 0 Å². The minimum absolute atomic E-state index is 0.0979. The van der Waals surface area contributed by atoms with Crippen LogP contribution < -0.4 is 0 Å². The summed E-state index contributed by atoms with van der Waals surface area (Å²) in [5.41, 5.74) is 0.199. The molecule has 5 nitrogen and oxygen atoms in total. The molecule has 2 amide bonds. The van der Waals surface area contributed by atoms with Gasteiger partial charge in [-0.25, -0.2) is 4.79 Å². The van der Waals surface area contributed by atoms with E-state index in [-0.39, 0.29) is 17.9 Å². The summed E-state index contributed by atoms with van der Waals surface area (Å²) < 4.78 is 5.52. The zero-order valence-electron chi connectivity index (χ0n) is 18.6. The molecule has 164 valence electrons. The first-order valence-electron chi connectivity index (χ1n) is 11.1. The molecular weight excluding hydrogens is 384 g/mol. The monoisotopic (exact) mass is 422 g/mol. The number of ether oxygens (including phenoxy) is 1. The van der Waals surface area contributed by atoms with Gasteiger partial charge in [-0.05, 0) is 64.4 Å². The Balaban J connectivity index is 2.03. The molecule has 0 N–H and O–H groups in total. The number of carbonyl (C=O) groups is 2. The van der Waals surface area contributed by atoms with Gasteiger partial charge in [0, 0.05) is 37.7 Å². The van der Waals surface area contributed by atoms with Gasteiger partial charge in [0.05, 0.1) is 0 Å². The summed E-state index contributed by atoms with van der Waals surface area (Å²) in [6.07, 6.45) is 11.2. The number of hydrogen-bond donors (Lipinski definition) is 1. The third-order valence-corrected chi connectivity index (χ3v) is 5.99. The molecule has 0 aliphatic carbocycles. The highest BCUT2D eigenvalue weighted by Gasteiger charge is 2.29. The first-order valence-corrected chi connectivity index (χ1v) is 11.5. The van der Waals surface area contributed by atoms with Crippen LogP contribution >= 0.6 is 12.6 Å². The Morgan fingerprint density at radius 3 is 2.14 bits per heavy atom. The van der Waals surface area contributed by atoms with Crippen molar-refractivity contribution in [3.05, 3.63) is 22.6 Å². The van der Waals surface area contributed by atoms with Crippen LogP contribution in [0.15, 0.2) is 22.6 Å². The van der Waals surface area contributed by atoms with Crippen molar-refractivity contribution < 1.29 is 14.3 Å². The van der Waals surface area contributed by atoms with Crippen molar-refractivity contribution in [2.45, 2.75) is 78.2 Å². The first-order chi connectivity index (χ1) is 13.7. The summed E-state index contributed by atoms with van der Waals surface area (Å²) in [5.74, 6) is 0.232. The minimum atomic E-state index is -0.500. The highest BCUT2D eigenvalue weighted by atomic mass is 32.1. The van der Waals surface area contributed by atoms with E-state index >= 15 is 0 Å². The van der Waals surface area contributed by atoms with E-state index in [9.17, 15) is 9.59 Å². The average molecular weight is 423 g/mol. The molecule has 29 heavy (non-hydrogen) atoms. The van der Waals surface area contributed by atoms with Gasteiger partial charge in [0.2, 0.25) is 0 Å². The van der Waals surface area contributed by atoms with Crippen molar-refractivity contribution in [1.82, 2.24) is 9.80 Å². The van der Waals surface area contributed by atoms with Crippen LogP contribution in [0, 0.1) is 5.92 Å². The predicted molar refractivity (Wildman–Crippen MR) is 121 cm³/mol. The van der Waals surface area contributed by atoms with E-state index in [4.69, 9.17) is 17.4 Å². The van der Waals surface area contributed by atoms with Crippen LogP contribution in [0.3, 0.4) is 0 Å². The number of piperidine rings is 1. The number of rotatable bonds is 3. The average Bonchev–Trinajstić information content (AvgIpc) is 2.64. The van der Waals surface area contributed by atoms with Gasteiger partial charge in [-0.2, -0.15) is 0 Å². The van der Waals surface area contributed by atoms with Gasteiger partial charge in [0.25, 0.3) is 5.91 Å². The third-order valence-electron chi connectivity index (χ3n) is 5.50. The van der Waals surface area contributed by atoms with Crippen LogP contribution in [0.1, 0.15) is 72.6 Å². The topological polar surface area (TPSA) is 49.9 Å². The zero-order valence-corrected chi connectivity index (χ0v) is 19.5. The molecule has 0 aromatic rings. The van der Waals surface area contributed by atoms with Crippen molar-refractivity contribution in [1.29, 1.82) is 0 Å². The Morgan fingerprint density at radius 1 is 0.966 bits per heavy atom. The summed E-state index contributed by atoms with van der Waals surface area (Å²) >= 11 is 4.73. The summed E-state index contributed by atoms with van der Waals surface area (Å²) in [6.45, 7) is 10.5. The van der Waals surface area contributed by atoms with E-state index < -0.39 is 5.60 Å². The summed E-state index contributed by atoms with van der Waals surface area (Å²) in [5, 5.41) is 0. The first kappa shape index (κ1) is 23.8. The van der Waals surface area contributed by atoms with Crippen molar-refractivity contribution in [3.8, 4) is 0 Å². The van der Waals surface area contributed by atoms with Crippen LogP contribution in [-0.2, 0) is 9.53 Å². The van der Waals surface area contributed by atoms with Crippen molar-refractivity contribution in [2.24, 2.45) is 5.92 Å². The highest BCUT2D eigenvalue weighted by Crippen LogP contribution is 2.28. The second-order valence-electron chi connectivity index (χ2n) is 9.14. The molecule has 2 aliphatic rings. The molecule has 0 saturated carbocycles. The Bertz CT molecular complexity index is 629. The largest absolute Gasteiger partial charge is 0.444 e. The fraction of sp³-hybridized carbons (Fsp3) is 0.739. The molecule has 2 aliphatic heterocycles. The number of thiol groups is 1. The lowest BCUT2D eigenvalue weighted by molar-refractivity contribution is -0.127. The lowest BCUT2D eigenvalue weighted by Crippen LogP contribution is -2.43. The molecule has 0 radical (unpaired) electrons. The molecule has 0 aromatic heterocycles. The fourth-order valence-corrected chi connectivity index (χ4v) is 4.24. The third kappa shape index (κ3) is 7.72. The van der Waals surface area contributed by atoms with Gasteiger partial charge in [-0.15, -0.1) is 12.6 Å². The van der Waals surface area contributed by atoms with Gasteiger partial charge in [-0.1, -0.05) is 25.3 Å². The molecular formula is C23H38N2O3S. The number of allylic oxidation sites excluding steroid dienone is 1. The standard InChI is InChI=1S/C23H38N2O3S/c1-5-18(21(26)24-13-9-7-6-8-10-14-24)16-20(29)19-12-11-15-25(17-19)22(27)28-23(2,3)4/h5,16,19,29H,6-15,17H2,1-4H3/b18-5+,20-16-. The Labute approximate surface area is 181 Å². The molecule has 1 atom stereocenters. The predicted octanol–water partition coefficient (Wildman–Crippen LogP) is 5.19. The molecule has 2 heterocycles. The molecule has 0 bridgehead atoms. The van der Waals surface area contributed by atoms with Gasteiger partial charge in [-0.3, -0.25) is 4.79 Å². The zero-order chi connectivity index (χ0) is 21.4. The number of carbonyl (C=O) groups excluding carboxylic acids is 2.